The topological polar surface area (TPSA) is 59.1 Å². The van der Waals surface area contributed by atoms with E-state index in [1.165, 1.54) is 0 Å². The average Bonchev–Trinajstić information content (AvgIpc) is 2.99. The Kier molecular flexibility index (Phi) is 10.0. The fourth-order valence-electron chi connectivity index (χ4n) is 5.01. The quantitative estimate of drug-likeness (QED) is 0.193. The van der Waals surface area contributed by atoms with Gasteiger partial charge in [-0.25, -0.2) is 0 Å². The van der Waals surface area contributed by atoms with Crippen molar-refractivity contribution in [2.75, 3.05) is 22.9 Å². The van der Waals surface area contributed by atoms with Gasteiger partial charge in [-0.15, -0.1) is 0 Å². The lowest BCUT2D eigenvalue weighted by atomic mass is 10.1. The summed E-state index contributed by atoms with van der Waals surface area (Å²) in [7, 11) is 0. The van der Waals surface area contributed by atoms with E-state index in [9.17, 15) is 9.59 Å². The highest BCUT2D eigenvalue weighted by molar-refractivity contribution is 5.98. The Morgan fingerprint density at radius 1 is 0.524 bits per heavy atom. The molecule has 0 bridgehead atoms. The number of carbonyl (C=O) groups is 2. The molecular weight excluding hydrogens is 524 g/mol. The fourth-order valence-corrected chi connectivity index (χ4v) is 5.01. The molecule has 0 heterocycles. The SMILES string of the molecule is Cc1cccc(C)c1OC(C)C(=O)N(CCN(C(=O)C(C)Oc1c(C)cccc1C)c1ccccc1)c1ccccc1. The standard InChI is InChI=1S/C36H40N2O4/c1-25-15-13-16-26(2)33(25)41-29(5)35(39)37(31-19-9-7-10-20-31)23-24-38(32-21-11-8-12-22-32)36(40)30(6)42-34-27(3)17-14-18-28(34)4/h7-22,29-30H,23-24H2,1-6H3. The number of anilines is 2. The van der Waals surface area contributed by atoms with Crippen molar-refractivity contribution in [2.45, 2.75) is 53.8 Å². The summed E-state index contributed by atoms with van der Waals surface area (Å²) in [6.45, 7) is 12.0. The molecule has 0 aliphatic rings. The Balaban J connectivity index is 1.59. The van der Waals surface area contributed by atoms with Crippen LogP contribution in [0.1, 0.15) is 36.1 Å². The zero-order valence-electron chi connectivity index (χ0n) is 25.3. The molecule has 0 fully saturated rings. The molecule has 0 spiro atoms. The summed E-state index contributed by atoms with van der Waals surface area (Å²) < 4.78 is 12.4. The first-order chi connectivity index (χ1) is 20.2. The zero-order chi connectivity index (χ0) is 30.2. The Labute approximate surface area is 249 Å². The van der Waals surface area contributed by atoms with Crippen molar-refractivity contribution in [3.63, 3.8) is 0 Å². The second-order valence-electron chi connectivity index (χ2n) is 10.6. The molecule has 42 heavy (non-hydrogen) atoms. The van der Waals surface area contributed by atoms with Gasteiger partial charge in [0.1, 0.15) is 11.5 Å². The molecule has 0 radical (unpaired) electrons. The number of hydrogen-bond acceptors (Lipinski definition) is 4. The molecule has 4 aromatic rings. The van der Waals surface area contributed by atoms with Gasteiger partial charge in [-0.05, 0) is 88.1 Å². The van der Waals surface area contributed by atoms with E-state index >= 15 is 0 Å². The van der Waals surface area contributed by atoms with Gasteiger partial charge in [-0.1, -0.05) is 72.8 Å². The predicted octanol–water partition coefficient (Wildman–Crippen LogP) is 7.22. The molecule has 0 saturated carbocycles. The third-order valence-corrected chi connectivity index (χ3v) is 7.32. The van der Waals surface area contributed by atoms with Crippen molar-refractivity contribution in [3.05, 3.63) is 119 Å². The first-order valence-electron chi connectivity index (χ1n) is 14.4. The summed E-state index contributed by atoms with van der Waals surface area (Å²) in [5.41, 5.74) is 5.36. The van der Waals surface area contributed by atoms with Crippen molar-refractivity contribution in [1.82, 2.24) is 0 Å². The predicted molar refractivity (Wildman–Crippen MR) is 170 cm³/mol. The van der Waals surface area contributed by atoms with Crippen molar-refractivity contribution in [1.29, 1.82) is 0 Å². The maximum absolute atomic E-state index is 13.9. The van der Waals surface area contributed by atoms with Gasteiger partial charge in [0, 0.05) is 24.5 Å². The van der Waals surface area contributed by atoms with E-state index in [1.54, 1.807) is 23.6 Å². The highest BCUT2D eigenvalue weighted by Crippen LogP contribution is 2.27. The minimum absolute atomic E-state index is 0.191. The van der Waals surface area contributed by atoms with Crippen LogP contribution in [-0.2, 0) is 9.59 Å². The molecule has 0 saturated heterocycles. The molecule has 0 aromatic heterocycles. The molecule has 0 N–H and O–H groups in total. The molecule has 2 atom stereocenters. The van der Waals surface area contributed by atoms with Crippen LogP contribution in [0.25, 0.3) is 0 Å². The fraction of sp³-hybridized carbons (Fsp3) is 0.278. The minimum atomic E-state index is -0.739. The van der Waals surface area contributed by atoms with Crippen LogP contribution < -0.4 is 19.3 Å². The summed E-state index contributed by atoms with van der Waals surface area (Å²) in [5, 5.41) is 0. The molecule has 0 aliphatic heterocycles. The molecule has 6 nitrogen and oxygen atoms in total. The van der Waals surface area contributed by atoms with Crippen molar-refractivity contribution >= 4 is 23.2 Å². The van der Waals surface area contributed by atoms with E-state index in [2.05, 4.69) is 0 Å². The van der Waals surface area contributed by atoms with Gasteiger partial charge < -0.3 is 19.3 Å². The normalized spacial score (nSPS) is 12.2. The lowest BCUT2D eigenvalue weighted by Gasteiger charge is -2.31. The van der Waals surface area contributed by atoms with Gasteiger partial charge in [0.2, 0.25) is 0 Å². The number of ether oxygens (including phenoxy) is 2. The lowest BCUT2D eigenvalue weighted by Crippen LogP contribution is -2.48. The van der Waals surface area contributed by atoms with E-state index in [1.807, 2.05) is 125 Å². The Morgan fingerprint density at radius 3 is 1.14 bits per heavy atom. The molecule has 2 amide bonds. The van der Waals surface area contributed by atoms with E-state index in [4.69, 9.17) is 9.47 Å². The van der Waals surface area contributed by atoms with E-state index < -0.39 is 12.2 Å². The van der Waals surface area contributed by atoms with Crippen molar-refractivity contribution in [2.24, 2.45) is 0 Å². The second-order valence-corrected chi connectivity index (χ2v) is 10.6. The van der Waals surface area contributed by atoms with E-state index in [-0.39, 0.29) is 24.9 Å². The number of carbonyl (C=O) groups excluding carboxylic acids is 2. The largest absolute Gasteiger partial charge is 0.480 e. The summed E-state index contributed by atoms with van der Waals surface area (Å²) in [5.74, 6) is 1.04. The Bertz CT molecular complexity index is 1350. The molecule has 4 aromatic carbocycles. The van der Waals surface area contributed by atoms with Gasteiger partial charge in [0.05, 0.1) is 0 Å². The molecule has 218 valence electrons. The van der Waals surface area contributed by atoms with Crippen LogP contribution in [0.3, 0.4) is 0 Å². The highest BCUT2D eigenvalue weighted by Gasteiger charge is 2.28. The van der Waals surface area contributed by atoms with Crippen LogP contribution in [0.5, 0.6) is 11.5 Å². The number of hydrogen-bond donors (Lipinski definition) is 0. The number of benzene rings is 4. The number of amides is 2. The maximum Gasteiger partial charge on any atom is 0.267 e. The zero-order valence-corrected chi connectivity index (χ0v) is 25.3. The van der Waals surface area contributed by atoms with E-state index in [0.29, 0.717) is 11.5 Å². The molecule has 6 heteroatoms. The first kappa shape index (κ1) is 30.4. The van der Waals surface area contributed by atoms with Gasteiger partial charge in [0.25, 0.3) is 11.8 Å². The van der Waals surface area contributed by atoms with Crippen LogP contribution in [0, 0.1) is 27.7 Å². The van der Waals surface area contributed by atoms with Gasteiger partial charge in [-0.2, -0.15) is 0 Å². The van der Waals surface area contributed by atoms with Gasteiger partial charge in [0.15, 0.2) is 12.2 Å². The van der Waals surface area contributed by atoms with Crippen LogP contribution in [0.2, 0.25) is 0 Å². The second kappa shape index (κ2) is 13.9. The van der Waals surface area contributed by atoms with E-state index in [0.717, 1.165) is 33.6 Å². The van der Waals surface area contributed by atoms with Gasteiger partial charge in [-0.3, -0.25) is 9.59 Å². The third kappa shape index (κ3) is 7.19. The molecule has 0 aliphatic carbocycles. The summed E-state index contributed by atoms with van der Waals surface area (Å²) >= 11 is 0. The molecule has 2 unspecified atom stereocenters. The Hall–Kier alpha value is -4.58. The van der Waals surface area contributed by atoms with Crippen molar-refractivity contribution in [3.8, 4) is 11.5 Å². The summed E-state index contributed by atoms with van der Waals surface area (Å²) in [4.78, 5) is 31.2. The molecular formula is C36H40N2O4. The summed E-state index contributed by atoms with van der Waals surface area (Å²) in [6, 6.07) is 30.8. The van der Waals surface area contributed by atoms with Crippen LogP contribution >= 0.6 is 0 Å². The summed E-state index contributed by atoms with van der Waals surface area (Å²) in [6.07, 6.45) is -1.48. The highest BCUT2D eigenvalue weighted by atomic mass is 16.5. The Morgan fingerprint density at radius 2 is 0.833 bits per heavy atom. The number of aryl methyl sites for hydroxylation is 4. The van der Waals surface area contributed by atoms with Crippen LogP contribution in [0.4, 0.5) is 11.4 Å². The van der Waals surface area contributed by atoms with Crippen molar-refractivity contribution < 1.29 is 19.1 Å². The number of para-hydroxylation sites is 4. The van der Waals surface area contributed by atoms with Crippen LogP contribution in [0.15, 0.2) is 97.1 Å². The smallest absolute Gasteiger partial charge is 0.267 e. The molecule has 4 rings (SSSR count). The average molecular weight is 565 g/mol. The monoisotopic (exact) mass is 564 g/mol. The third-order valence-electron chi connectivity index (χ3n) is 7.32. The lowest BCUT2D eigenvalue weighted by molar-refractivity contribution is -0.126. The maximum atomic E-state index is 13.9. The number of nitrogens with zero attached hydrogens (tertiary/aromatic N) is 2. The van der Waals surface area contributed by atoms with Gasteiger partial charge >= 0.3 is 0 Å². The van der Waals surface area contributed by atoms with Crippen LogP contribution in [-0.4, -0.2) is 37.1 Å². The number of rotatable bonds is 11. The first-order valence-corrected chi connectivity index (χ1v) is 14.4. The minimum Gasteiger partial charge on any atom is -0.480 e.